The zero-order valence-electron chi connectivity index (χ0n) is 14.5. The van der Waals surface area contributed by atoms with Gasteiger partial charge in [-0.2, -0.15) is 0 Å². The average molecular weight is 344 g/mol. The van der Waals surface area contributed by atoms with Gasteiger partial charge in [-0.1, -0.05) is 35.4 Å². The van der Waals surface area contributed by atoms with Crippen LogP contribution in [-0.4, -0.2) is 42.9 Å². The molecule has 1 aromatic heterocycles. The molecular formula is C18H24N4O3. The molecule has 134 valence electrons. The second-order valence-electron chi connectivity index (χ2n) is 6.21. The molecule has 0 bridgehead atoms. The number of carbonyl (C=O) groups excluding carboxylic acids is 1. The largest absolute Gasteiger partial charge is 0.406 e. The summed E-state index contributed by atoms with van der Waals surface area (Å²) in [6.45, 7) is 1.86. The highest BCUT2D eigenvalue weighted by molar-refractivity contribution is 5.77. The predicted octanol–water partition coefficient (Wildman–Crippen LogP) is 2.11. The Labute approximate surface area is 147 Å². The minimum absolute atomic E-state index is 0.00158. The van der Waals surface area contributed by atoms with E-state index in [1.807, 2.05) is 30.3 Å². The number of nitrogens with one attached hydrogen (secondary N) is 1. The van der Waals surface area contributed by atoms with Gasteiger partial charge in [0, 0.05) is 26.6 Å². The number of carbonyl (C=O) groups is 1. The molecule has 1 amide bonds. The van der Waals surface area contributed by atoms with E-state index in [1.165, 1.54) is 13.5 Å². The van der Waals surface area contributed by atoms with E-state index in [2.05, 4.69) is 20.4 Å². The van der Waals surface area contributed by atoms with E-state index in [-0.39, 0.29) is 18.6 Å². The molecule has 7 heteroatoms. The molecule has 0 saturated carbocycles. The number of aromatic nitrogens is 2. The Morgan fingerprint density at radius 1 is 1.24 bits per heavy atom. The second-order valence-corrected chi connectivity index (χ2v) is 6.21. The molecule has 0 radical (unpaired) electrons. The maximum atomic E-state index is 12.0. The Bertz CT molecular complexity index is 668. The van der Waals surface area contributed by atoms with Crippen molar-refractivity contribution in [1.29, 1.82) is 0 Å². The second kappa shape index (κ2) is 8.62. The van der Waals surface area contributed by atoms with Crippen molar-refractivity contribution in [2.24, 2.45) is 0 Å². The van der Waals surface area contributed by atoms with Gasteiger partial charge in [0.25, 0.3) is 0 Å². The number of benzene rings is 1. The van der Waals surface area contributed by atoms with Crippen molar-refractivity contribution in [2.45, 2.75) is 31.7 Å². The first kappa shape index (κ1) is 17.4. The lowest BCUT2D eigenvalue weighted by Crippen LogP contribution is -2.33. The monoisotopic (exact) mass is 344 g/mol. The summed E-state index contributed by atoms with van der Waals surface area (Å²) in [5.41, 5.74) is 1.09. The van der Waals surface area contributed by atoms with Crippen molar-refractivity contribution >= 4 is 11.9 Å². The van der Waals surface area contributed by atoms with Gasteiger partial charge < -0.3 is 19.4 Å². The van der Waals surface area contributed by atoms with Gasteiger partial charge in [-0.3, -0.25) is 4.79 Å². The molecule has 1 aromatic carbocycles. The number of hydrogen-bond donors (Lipinski definition) is 1. The van der Waals surface area contributed by atoms with Crippen LogP contribution in [0, 0.1) is 0 Å². The van der Waals surface area contributed by atoms with Crippen LogP contribution in [0.4, 0.5) is 6.01 Å². The molecule has 25 heavy (non-hydrogen) atoms. The first-order valence-electron chi connectivity index (χ1n) is 8.67. The molecule has 1 aliphatic rings. The summed E-state index contributed by atoms with van der Waals surface area (Å²) in [5, 5.41) is 11.3. The topological polar surface area (TPSA) is 80.5 Å². The van der Waals surface area contributed by atoms with Crippen molar-refractivity contribution in [3.8, 4) is 0 Å². The predicted molar refractivity (Wildman–Crippen MR) is 93.3 cm³/mol. The quantitative estimate of drug-likeness (QED) is 0.828. The molecule has 1 atom stereocenters. The van der Waals surface area contributed by atoms with Crippen LogP contribution < -0.4 is 10.2 Å². The summed E-state index contributed by atoms with van der Waals surface area (Å²) in [7, 11) is 1.49. The summed E-state index contributed by atoms with van der Waals surface area (Å²) >= 11 is 0. The van der Waals surface area contributed by atoms with Crippen LogP contribution in [0.15, 0.2) is 34.7 Å². The fourth-order valence-corrected chi connectivity index (χ4v) is 3.00. The number of piperidine rings is 1. The van der Waals surface area contributed by atoms with Gasteiger partial charge in [-0.05, 0) is 24.8 Å². The third-order valence-electron chi connectivity index (χ3n) is 4.25. The number of methoxy groups -OCH3 is 1. The van der Waals surface area contributed by atoms with Crippen LogP contribution >= 0.6 is 0 Å². The highest BCUT2D eigenvalue weighted by Crippen LogP contribution is 2.23. The molecule has 1 saturated heterocycles. The standard InChI is InChI=1S/C18H24N4O3/c1-24-13-16(23)19-15(12-14-8-4-2-5-9-14)17-20-21-18(25-17)22-10-6-3-7-11-22/h2,4-5,8-9,15H,3,6-7,10-13H2,1H3,(H,19,23). The van der Waals surface area contributed by atoms with E-state index in [1.54, 1.807) is 0 Å². The molecule has 1 fully saturated rings. The Hall–Kier alpha value is -2.41. The van der Waals surface area contributed by atoms with E-state index >= 15 is 0 Å². The van der Waals surface area contributed by atoms with E-state index in [9.17, 15) is 4.79 Å². The minimum Gasteiger partial charge on any atom is -0.406 e. The summed E-state index contributed by atoms with van der Waals surface area (Å²) in [5.74, 6) is 0.218. The highest BCUT2D eigenvalue weighted by atomic mass is 16.5. The smallest absolute Gasteiger partial charge is 0.318 e. The number of anilines is 1. The molecule has 0 aliphatic carbocycles. The highest BCUT2D eigenvalue weighted by Gasteiger charge is 2.24. The zero-order chi connectivity index (χ0) is 17.5. The van der Waals surface area contributed by atoms with Crippen molar-refractivity contribution in [2.75, 3.05) is 31.7 Å². The molecule has 7 nitrogen and oxygen atoms in total. The van der Waals surface area contributed by atoms with Crippen molar-refractivity contribution in [3.05, 3.63) is 41.8 Å². The SMILES string of the molecule is COCC(=O)NC(Cc1ccccc1)c1nnc(N2CCCCC2)o1. The van der Waals surface area contributed by atoms with E-state index in [0.29, 0.717) is 18.3 Å². The maximum Gasteiger partial charge on any atom is 0.318 e. The third-order valence-corrected chi connectivity index (χ3v) is 4.25. The van der Waals surface area contributed by atoms with Crippen LogP contribution in [0.2, 0.25) is 0 Å². The summed E-state index contributed by atoms with van der Waals surface area (Å²) < 4.78 is 10.8. The fourth-order valence-electron chi connectivity index (χ4n) is 3.00. The molecule has 1 unspecified atom stereocenters. The van der Waals surface area contributed by atoms with Crippen LogP contribution in [0.25, 0.3) is 0 Å². The minimum atomic E-state index is -0.379. The number of ether oxygens (including phenoxy) is 1. The van der Waals surface area contributed by atoms with Gasteiger partial charge >= 0.3 is 6.01 Å². The van der Waals surface area contributed by atoms with E-state index in [0.717, 1.165) is 31.5 Å². The van der Waals surface area contributed by atoms with Gasteiger partial charge in [0.1, 0.15) is 12.6 Å². The maximum absolute atomic E-state index is 12.0. The van der Waals surface area contributed by atoms with Crippen LogP contribution in [0.5, 0.6) is 0 Å². The molecule has 0 spiro atoms. The van der Waals surface area contributed by atoms with Crippen LogP contribution in [0.3, 0.4) is 0 Å². The van der Waals surface area contributed by atoms with Crippen LogP contribution in [0.1, 0.15) is 36.8 Å². The number of amides is 1. The van der Waals surface area contributed by atoms with Crippen molar-refractivity contribution < 1.29 is 13.9 Å². The van der Waals surface area contributed by atoms with E-state index < -0.39 is 0 Å². The average Bonchev–Trinajstić information content (AvgIpc) is 3.13. The lowest BCUT2D eigenvalue weighted by Gasteiger charge is -2.24. The Kier molecular flexibility index (Phi) is 6.00. The number of nitrogens with zero attached hydrogens (tertiary/aromatic N) is 3. The molecular weight excluding hydrogens is 320 g/mol. The molecule has 2 aromatic rings. The van der Waals surface area contributed by atoms with Crippen molar-refractivity contribution in [1.82, 2.24) is 15.5 Å². The fraction of sp³-hybridized carbons (Fsp3) is 0.500. The van der Waals surface area contributed by atoms with Gasteiger partial charge in [-0.15, -0.1) is 5.10 Å². The van der Waals surface area contributed by atoms with Crippen LogP contribution in [-0.2, 0) is 16.0 Å². The first-order valence-corrected chi connectivity index (χ1v) is 8.67. The molecule has 1 N–H and O–H groups in total. The van der Waals surface area contributed by atoms with E-state index in [4.69, 9.17) is 9.15 Å². The lowest BCUT2D eigenvalue weighted by molar-refractivity contribution is -0.125. The summed E-state index contributed by atoms with van der Waals surface area (Å²) in [4.78, 5) is 14.1. The Balaban J connectivity index is 1.75. The molecule has 1 aliphatic heterocycles. The summed E-state index contributed by atoms with van der Waals surface area (Å²) in [6.07, 6.45) is 4.09. The molecule has 3 rings (SSSR count). The summed E-state index contributed by atoms with van der Waals surface area (Å²) in [6, 6.07) is 10.1. The first-order chi connectivity index (χ1) is 12.3. The zero-order valence-corrected chi connectivity index (χ0v) is 14.5. The van der Waals surface area contributed by atoms with Gasteiger partial charge in [0.05, 0.1) is 0 Å². The van der Waals surface area contributed by atoms with Gasteiger partial charge in [0.15, 0.2) is 0 Å². The normalized spacial score (nSPS) is 15.8. The van der Waals surface area contributed by atoms with Crippen molar-refractivity contribution in [3.63, 3.8) is 0 Å². The van der Waals surface area contributed by atoms with Gasteiger partial charge in [0.2, 0.25) is 11.8 Å². The Morgan fingerprint density at radius 3 is 2.72 bits per heavy atom. The third kappa shape index (κ3) is 4.79. The lowest BCUT2D eigenvalue weighted by atomic mass is 10.1. The number of hydrogen-bond acceptors (Lipinski definition) is 6. The Morgan fingerprint density at radius 2 is 2.00 bits per heavy atom. The number of rotatable bonds is 7. The molecule has 2 heterocycles. The van der Waals surface area contributed by atoms with Gasteiger partial charge in [-0.25, -0.2) is 0 Å².